The predicted molar refractivity (Wildman–Crippen MR) is 106 cm³/mol. The molecule has 1 aliphatic carbocycles. The Morgan fingerprint density at radius 1 is 1.00 bits per heavy atom. The van der Waals surface area contributed by atoms with Crippen LogP contribution in [0.4, 0.5) is 5.69 Å². The Morgan fingerprint density at radius 3 is 2.48 bits per heavy atom. The second-order valence-corrected chi connectivity index (χ2v) is 7.76. The van der Waals surface area contributed by atoms with Crippen molar-refractivity contribution in [3.63, 3.8) is 0 Å². The standard InChI is InChI=1S/C23H31NO/c1-24(2)22-14-7-6-12-20(22)18-21-13-8-9-16-23(21,25)17-15-19-10-4-3-5-11-19/h3-7,10-12,14,21,25H,8-9,13,15-18H2,1-2H3. The van der Waals surface area contributed by atoms with Gasteiger partial charge in [-0.2, -0.15) is 0 Å². The first-order valence-electron chi connectivity index (χ1n) is 9.60. The number of nitrogens with zero attached hydrogens (tertiary/aromatic N) is 1. The van der Waals surface area contributed by atoms with Crippen LogP contribution in [0.15, 0.2) is 54.6 Å². The van der Waals surface area contributed by atoms with Gasteiger partial charge in [-0.15, -0.1) is 0 Å². The van der Waals surface area contributed by atoms with Crippen LogP contribution in [0.5, 0.6) is 0 Å². The number of aryl methyl sites for hydroxylation is 1. The molecule has 1 fully saturated rings. The van der Waals surface area contributed by atoms with Crippen LogP contribution in [0.25, 0.3) is 0 Å². The van der Waals surface area contributed by atoms with Crippen LogP contribution in [0.3, 0.4) is 0 Å². The van der Waals surface area contributed by atoms with Crippen LogP contribution >= 0.6 is 0 Å². The van der Waals surface area contributed by atoms with Gasteiger partial charge in [-0.05, 0) is 55.2 Å². The average Bonchev–Trinajstić information content (AvgIpc) is 2.63. The molecule has 3 rings (SSSR count). The van der Waals surface area contributed by atoms with E-state index in [1.165, 1.54) is 23.2 Å². The second-order valence-electron chi connectivity index (χ2n) is 7.76. The Balaban J connectivity index is 1.74. The van der Waals surface area contributed by atoms with Crippen molar-refractivity contribution in [2.24, 2.45) is 5.92 Å². The van der Waals surface area contributed by atoms with Crippen molar-refractivity contribution in [1.82, 2.24) is 0 Å². The van der Waals surface area contributed by atoms with Crippen molar-refractivity contribution in [2.75, 3.05) is 19.0 Å². The van der Waals surface area contributed by atoms with Gasteiger partial charge < -0.3 is 10.0 Å². The molecule has 0 bridgehead atoms. The van der Waals surface area contributed by atoms with E-state index in [-0.39, 0.29) is 0 Å². The highest BCUT2D eigenvalue weighted by molar-refractivity contribution is 5.52. The van der Waals surface area contributed by atoms with Gasteiger partial charge in [-0.1, -0.05) is 61.4 Å². The first-order chi connectivity index (χ1) is 12.1. The summed E-state index contributed by atoms with van der Waals surface area (Å²) in [6.07, 6.45) is 7.26. The minimum atomic E-state index is -0.534. The monoisotopic (exact) mass is 337 g/mol. The number of benzene rings is 2. The molecule has 0 aromatic heterocycles. The molecule has 2 aromatic carbocycles. The second kappa shape index (κ2) is 8.05. The van der Waals surface area contributed by atoms with Gasteiger partial charge in [0.05, 0.1) is 5.60 Å². The van der Waals surface area contributed by atoms with Gasteiger partial charge >= 0.3 is 0 Å². The highest BCUT2D eigenvalue weighted by Gasteiger charge is 2.38. The first-order valence-corrected chi connectivity index (χ1v) is 9.60. The van der Waals surface area contributed by atoms with Gasteiger partial charge in [-0.25, -0.2) is 0 Å². The number of anilines is 1. The van der Waals surface area contributed by atoms with E-state index in [4.69, 9.17) is 0 Å². The molecule has 2 unspecified atom stereocenters. The molecule has 2 heteroatoms. The van der Waals surface area contributed by atoms with Gasteiger partial charge in [0.25, 0.3) is 0 Å². The molecule has 2 atom stereocenters. The number of aliphatic hydroxyl groups is 1. The lowest BCUT2D eigenvalue weighted by Crippen LogP contribution is -2.42. The van der Waals surface area contributed by atoms with Crippen LogP contribution in [0, 0.1) is 5.92 Å². The zero-order valence-corrected chi connectivity index (χ0v) is 15.6. The fourth-order valence-electron chi connectivity index (χ4n) is 4.31. The quantitative estimate of drug-likeness (QED) is 0.814. The van der Waals surface area contributed by atoms with E-state index in [0.717, 1.165) is 38.5 Å². The highest BCUT2D eigenvalue weighted by atomic mass is 16.3. The molecule has 0 aliphatic heterocycles. The van der Waals surface area contributed by atoms with Crippen LogP contribution in [-0.4, -0.2) is 24.8 Å². The van der Waals surface area contributed by atoms with E-state index in [0.29, 0.717) is 5.92 Å². The summed E-state index contributed by atoms with van der Waals surface area (Å²) in [5, 5.41) is 11.5. The minimum Gasteiger partial charge on any atom is -0.390 e. The third-order valence-electron chi connectivity index (χ3n) is 5.80. The van der Waals surface area contributed by atoms with E-state index in [1.807, 2.05) is 0 Å². The summed E-state index contributed by atoms with van der Waals surface area (Å²) in [6, 6.07) is 19.2. The Bertz CT molecular complexity index is 667. The lowest BCUT2D eigenvalue weighted by molar-refractivity contribution is -0.0544. The minimum absolute atomic E-state index is 0.353. The molecule has 0 saturated heterocycles. The molecule has 1 N–H and O–H groups in total. The molecule has 0 heterocycles. The van der Waals surface area contributed by atoms with Crippen molar-refractivity contribution in [2.45, 2.75) is 50.5 Å². The molecule has 0 spiro atoms. The summed E-state index contributed by atoms with van der Waals surface area (Å²) in [4.78, 5) is 2.18. The fraction of sp³-hybridized carbons (Fsp3) is 0.478. The van der Waals surface area contributed by atoms with Crippen molar-refractivity contribution < 1.29 is 5.11 Å². The highest BCUT2D eigenvalue weighted by Crippen LogP contribution is 2.40. The van der Waals surface area contributed by atoms with Crippen molar-refractivity contribution in [1.29, 1.82) is 0 Å². The lowest BCUT2D eigenvalue weighted by Gasteiger charge is -2.41. The maximum absolute atomic E-state index is 11.5. The van der Waals surface area contributed by atoms with Crippen molar-refractivity contribution in [3.8, 4) is 0 Å². The molecular formula is C23H31NO. The molecule has 0 radical (unpaired) electrons. The Hall–Kier alpha value is -1.80. The molecule has 25 heavy (non-hydrogen) atoms. The van der Waals surface area contributed by atoms with Crippen LogP contribution < -0.4 is 4.90 Å². The van der Waals surface area contributed by atoms with Crippen LogP contribution in [0.1, 0.15) is 43.2 Å². The molecule has 1 aliphatic rings. The Kier molecular flexibility index (Phi) is 5.80. The summed E-state index contributed by atoms with van der Waals surface area (Å²) in [6.45, 7) is 0. The topological polar surface area (TPSA) is 23.5 Å². The zero-order valence-electron chi connectivity index (χ0n) is 15.6. The maximum atomic E-state index is 11.5. The van der Waals surface area contributed by atoms with Crippen LogP contribution in [-0.2, 0) is 12.8 Å². The Labute approximate surface area is 152 Å². The molecular weight excluding hydrogens is 306 g/mol. The number of hydrogen-bond acceptors (Lipinski definition) is 2. The van der Waals surface area contributed by atoms with E-state index in [1.54, 1.807) is 0 Å². The third kappa shape index (κ3) is 4.43. The van der Waals surface area contributed by atoms with Gasteiger partial charge in [0.2, 0.25) is 0 Å². The molecule has 134 valence electrons. The fourth-order valence-corrected chi connectivity index (χ4v) is 4.31. The largest absolute Gasteiger partial charge is 0.390 e. The summed E-state index contributed by atoms with van der Waals surface area (Å²) >= 11 is 0. The first kappa shape index (κ1) is 18.0. The smallest absolute Gasteiger partial charge is 0.0682 e. The van der Waals surface area contributed by atoms with E-state index in [9.17, 15) is 5.11 Å². The predicted octanol–water partition coefficient (Wildman–Crippen LogP) is 4.85. The van der Waals surface area contributed by atoms with Crippen molar-refractivity contribution in [3.05, 3.63) is 65.7 Å². The van der Waals surface area contributed by atoms with E-state index < -0.39 is 5.60 Å². The number of para-hydroxylation sites is 1. The third-order valence-corrected chi connectivity index (χ3v) is 5.80. The van der Waals surface area contributed by atoms with Gasteiger partial charge in [0.15, 0.2) is 0 Å². The molecule has 1 saturated carbocycles. The summed E-state index contributed by atoms with van der Waals surface area (Å²) in [7, 11) is 4.20. The molecule has 2 aromatic rings. The molecule has 0 amide bonds. The van der Waals surface area contributed by atoms with Gasteiger partial charge in [0, 0.05) is 19.8 Å². The van der Waals surface area contributed by atoms with Crippen LogP contribution in [0.2, 0.25) is 0 Å². The summed E-state index contributed by atoms with van der Waals surface area (Å²) < 4.78 is 0. The van der Waals surface area contributed by atoms with E-state index in [2.05, 4.69) is 73.6 Å². The summed E-state index contributed by atoms with van der Waals surface area (Å²) in [5.74, 6) is 0.353. The normalized spacial score (nSPS) is 23.4. The summed E-state index contributed by atoms with van der Waals surface area (Å²) in [5.41, 5.74) is 3.43. The molecule has 2 nitrogen and oxygen atoms in total. The Morgan fingerprint density at radius 2 is 1.72 bits per heavy atom. The number of hydrogen-bond donors (Lipinski definition) is 1. The van der Waals surface area contributed by atoms with Gasteiger partial charge in [0.1, 0.15) is 0 Å². The van der Waals surface area contributed by atoms with E-state index >= 15 is 0 Å². The number of rotatable bonds is 6. The van der Waals surface area contributed by atoms with Crippen molar-refractivity contribution >= 4 is 5.69 Å². The zero-order chi connectivity index (χ0) is 17.7. The SMILES string of the molecule is CN(C)c1ccccc1CC1CCCCC1(O)CCc1ccccc1. The lowest BCUT2D eigenvalue weighted by atomic mass is 9.70. The van der Waals surface area contributed by atoms with Gasteiger partial charge in [-0.3, -0.25) is 0 Å². The maximum Gasteiger partial charge on any atom is 0.0682 e. The average molecular weight is 338 g/mol.